The number of para-hydroxylation sites is 2. The van der Waals surface area contributed by atoms with E-state index in [1.165, 1.54) is 54.0 Å². The number of anilines is 2. The summed E-state index contributed by atoms with van der Waals surface area (Å²) < 4.78 is 0. The molecule has 0 bridgehead atoms. The van der Waals surface area contributed by atoms with E-state index in [0.29, 0.717) is 0 Å². The van der Waals surface area contributed by atoms with E-state index in [2.05, 4.69) is 71.5 Å². The Morgan fingerprint density at radius 2 is 1.55 bits per heavy atom. The molecule has 0 N–H and O–H groups in total. The highest BCUT2D eigenvalue weighted by atomic mass is 15.1. The Labute approximate surface area is 132 Å². The molecule has 0 radical (unpaired) electrons. The Morgan fingerprint density at radius 3 is 2.36 bits per heavy atom. The first-order chi connectivity index (χ1) is 10.8. The summed E-state index contributed by atoms with van der Waals surface area (Å²) in [6.45, 7) is 3.52. The Kier molecular flexibility index (Phi) is 3.47. The third-order valence-electron chi connectivity index (χ3n) is 4.83. The molecule has 2 aliphatic heterocycles. The van der Waals surface area contributed by atoms with Gasteiger partial charge in [0.1, 0.15) is 0 Å². The van der Waals surface area contributed by atoms with Crippen LogP contribution >= 0.6 is 0 Å². The van der Waals surface area contributed by atoms with Gasteiger partial charge in [0.2, 0.25) is 0 Å². The fourth-order valence-corrected chi connectivity index (χ4v) is 3.66. The molecule has 1 saturated heterocycles. The number of benzene rings is 2. The summed E-state index contributed by atoms with van der Waals surface area (Å²) in [7, 11) is 2.17. The summed E-state index contributed by atoms with van der Waals surface area (Å²) in [5.41, 5.74) is 6.71. The summed E-state index contributed by atoms with van der Waals surface area (Å²) in [4.78, 5) is 4.90. The summed E-state index contributed by atoms with van der Waals surface area (Å²) >= 11 is 0. The van der Waals surface area contributed by atoms with Crippen molar-refractivity contribution < 1.29 is 0 Å². The fourth-order valence-electron chi connectivity index (χ4n) is 3.66. The highest BCUT2D eigenvalue weighted by molar-refractivity contribution is 5.95. The third kappa shape index (κ3) is 2.34. The molecule has 2 heteroatoms. The van der Waals surface area contributed by atoms with E-state index < -0.39 is 0 Å². The van der Waals surface area contributed by atoms with Gasteiger partial charge in [0, 0.05) is 30.5 Å². The minimum Gasteiger partial charge on any atom is -0.344 e. The van der Waals surface area contributed by atoms with Gasteiger partial charge in [-0.2, -0.15) is 0 Å². The second kappa shape index (κ2) is 5.62. The molecule has 0 atom stereocenters. The molecule has 2 aliphatic rings. The van der Waals surface area contributed by atoms with Crippen molar-refractivity contribution in [2.24, 2.45) is 0 Å². The van der Waals surface area contributed by atoms with E-state index in [0.717, 1.165) is 6.54 Å². The number of rotatable bonds is 2. The summed E-state index contributed by atoms with van der Waals surface area (Å²) in [5.74, 6) is 0. The van der Waals surface area contributed by atoms with Gasteiger partial charge in [-0.3, -0.25) is 4.90 Å². The molecule has 22 heavy (non-hydrogen) atoms. The fraction of sp³-hybridized carbons (Fsp3) is 0.300. The minimum absolute atomic E-state index is 1.05. The van der Waals surface area contributed by atoms with Crippen molar-refractivity contribution in [3.8, 4) is 0 Å². The number of fused-ring (bicyclic) bond motifs is 2. The highest BCUT2D eigenvalue weighted by Crippen LogP contribution is 2.38. The average molecular weight is 290 g/mol. The second-order valence-corrected chi connectivity index (χ2v) is 6.29. The molecule has 4 rings (SSSR count). The van der Waals surface area contributed by atoms with Crippen LogP contribution in [0, 0.1) is 0 Å². The Balaban J connectivity index is 1.83. The monoisotopic (exact) mass is 290 g/mol. The van der Waals surface area contributed by atoms with Crippen molar-refractivity contribution in [3.63, 3.8) is 0 Å². The lowest BCUT2D eigenvalue weighted by Gasteiger charge is -2.23. The highest BCUT2D eigenvalue weighted by Gasteiger charge is 2.21. The minimum atomic E-state index is 1.05. The first-order valence-corrected chi connectivity index (χ1v) is 8.18. The van der Waals surface area contributed by atoms with Gasteiger partial charge < -0.3 is 4.90 Å². The summed E-state index contributed by atoms with van der Waals surface area (Å²) in [5, 5.41) is 0. The van der Waals surface area contributed by atoms with Crippen LogP contribution in [-0.2, 0) is 0 Å². The maximum Gasteiger partial charge on any atom is 0.0485 e. The van der Waals surface area contributed by atoms with Gasteiger partial charge in [-0.05, 0) is 55.3 Å². The lowest BCUT2D eigenvalue weighted by molar-refractivity contribution is 0.383. The van der Waals surface area contributed by atoms with Crippen LogP contribution in [0.25, 0.3) is 11.6 Å². The van der Waals surface area contributed by atoms with Crippen LogP contribution in [0.4, 0.5) is 11.4 Å². The molecule has 2 aromatic rings. The number of hydrogen-bond donors (Lipinski definition) is 0. The molecule has 2 heterocycles. The summed E-state index contributed by atoms with van der Waals surface area (Å²) in [6, 6.07) is 17.5. The average Bonchev–Trinajstić information content (AvgIpc) is 3.03. The number of hydrogen-bond acceptors (Lipinski definition) is 2. The molecular formula is C20H22N2. The van der Waals surface area contributed by atoms with Crippen molar-refractivity contribution in [1.29, 1.82) is 0 Å². The Bertz CT molecular complexity index is 711. The molecule has 112 valence electrons. The van der Waals surface area contributed by atoms with E-state index >= 15 is 0 Å². The van der Waals surface area contributed by atoms with Crippen LogP contribution in [-0.4, -0.2) is 31.6 Å². The van der Waals surface area contributed by atoms with Crippen LogP contribution in [0.15, 0.2) is 48.5 Å². The van der Waals surface area contributed by atoms with Crippen molar-refractivity contribution >= 4 is 23.0 Å². The van der Waals surface area contributed by atoms with Crippen LogP contribution in [0.1, 0.15) is 24.0 Å². The van der Waals surface area contributed by atoms with Gasteiger partial charge in [-0.1, -0.05) is 36.4 Å². The van der Waals surface area contributed by atoms with Gasteiger partial charge in [-0.25, -0.2) is 0 Å². The van der Waals surface area contributed by atoms with E-state index in [-0.39, 0.29) is 0 Å². The van der Waals surface area contributed by atoms with E-state index in [1.54, 1.807) is 0 Å². The zero-order valence-electron chi connectivity index (χ0n) is 13.1. The van der Waals surface area contributed by atoms with Crippen LogP contribution in [0.3, 0.4) is 0 Å². The molecule has 0 unspecified atom stereocenters. The van der Waals surface area contributed by atoms with E-state index in [1.807, 2.05) is 0 Å². The normalized spacial score (nSPS) is 17.7. The van der Waals surface area contributed by atoms with Crippen LogP contribution in [0.5, 0.6) is 0 Å². The lowest BCUT2D eigenvalue weighted by Crippen LogP contribution is -2.21. The van der Waals surface area contributed by atoms with Gasteiger partial charge >= 0.3 is 0 Å². The van der Waals surface area contributed by atoms with Crippen molar-refractivity contribution in [2.45, 2.75) is 12.8 Å². The number of nitrogens with zero attached hydrogens (tertiary/aromatic N) is 2. The predicted molar refractivity (Wildman–Crippen MR) is 94.5 cm³/mol. The van der Waals surface area contributed by atoms with Crippen LogP contribution < -0.4 is 4.90 Å². The van der Waals surface area contributed by atoms with E-state index in [9.17, 15) is 0 Å². The van der Waals surface area contributed by atoms with Gasteiger partial charge in [0.05, 0.1) is 0 Å². The van der Waals surface area contributed by atoms with Crippen LogP contribution in [0.2, 0.25) is 0 Å². The zero-order valence-corrected chi connectivity index (χ0v) is 13.1. The predicted octanol–water partition coefficient (Wildman–Crippen LogP) is 4.40. The molecular weight excluding hydrogens is 268 g/mol. The SMILES string of the molecule is CN1c2ccccc2C=C(CN2CCCC2)c2ccccc21. The maximum atomic E-state index is 2.58. The van der Waals surface area contributed by atoms with E-state index in [4.69, 9.17) is 0 Å². The first kappa shape index (κ1) is 13.6. The third-order valence-corrected chi connectivity index (χ3v) is 4.83. The molecule has 0 aliphatic carbocycles. The number of likely N-dealkylation sites (tertiary alicyclic amines) is 1. The molecule has 1 fully saturated rings. The zero-order chi connectivity index (χ0) is 14.9. The topological polar surface area (TPSA) is 6.48 Å². The maximum absolute atomic E-state index is 2.58. The molecule has 0 spiro atoms. The molecule has 0 aromatic heterocycles. The summed E-state index contributed by atoms with van der Waals surface area (Å²) in [6.07, 6.45) is 5.06. The Morgan fingerprint density at radius 1 is 0.864 bits per heavy atom. The Hall–Kier alpha value is -2.06. The van der Waals surface area contributed by atoms with Gasteiger partial charge in [0.25, 0.3) is 0 Å². The standard InChI is InChI=1S/C20H22N2/c1-21-19-10-4-2-8-16(19)14-17(15-22-12-6-7-13-22)18-9-3-5-11-20(18)21/h2-5,8-11,14H,6-7,12-13,15H2,1H3. The quantitative estimate of drug-likeness (QED) is 0.808. The van der Waals surface area contributed by atoms with Crippen molar-refractivity contribution in [2.75, 3.05) is 31.6 Å². The van der Waals surface area contributed by atoms with Gasteiger partial charge in [0.15, 0.2) is 0 Å². The molecule has 0 saturated carbocycles. The van der Waals surface area contributed by atoms with Crippen molar-refractivity contribution in [3.05, 3.63) is 59.7 Å². The molecule has 0 amide bonds. The smallest absolute Gasteiger partial charge is 0.0485 e. The first-order valence-electron chi connectivity index (χ1n) is 8.18. The largest absolute Gasteiger partial charge is 0.344 e. The lowest BCUT2D eigenvalue weighted by atomic mass is 10.0. The van der Waals surface area contributed by atoms with Crippen molar-refractivity contribution in [1.82, 2.24) is 4.90 Å². The molecule has 2 nitrogen and oxygen atoms in total. The van der Waals surface area contributed by atoms with Gasteiger partial charge in [-0.15, -0.1) is 0 Å². The second-order valence-electron chi connectivity index (χ2n) is 6.29. The molecule has 2 aromatic carbocycles.